The van der Waals surface area contributed by atoms with Gasteiger partial charge in [-0.1, -0.05) is 64.5 Å². The second-order valence-corrected chi connectivity index (χ2v) is 5.25. The summed E-state index contributed by atoms with van der Waals surface area (Å²) in [7, 11) is 0. The van der Waals surface area contributed by atoms with Gasteiger partial charge in [-0.05, 0) is 39.6 Å². The van der Waals surface area contributed by atoms with Crippen LogP contribution in [0.3, 0.4) is 0 Å². The summed E-state index contributed by atoms with van der Waals surface area (Å²) in [6, 6.07) is 22.7. The number of alkyl halides is 1. The largest absolute Gasteiger partial charge is 0.192 e. The molecule has 0 radical (unpaired) electrons. The van der Waals surface area contributed by atoms with Crippen molar-refractivity contribution in [2.24, 2.45) is 0 Å². The predicted molar refractivity (Wildman–Crippen MR) is 86.7 cm³/mol. The van der Waals surface area contributed by atoms with Gasteiger partial charge in [0.1, 0.15) is 0 Å². The molecule has 0 aliphatic rings. The fourth-order valence-electron chi connectivity index (χ4n) is 2.38. The number of halogens is 1. The Morgan fingerprint density at radius 1 is 0.900 bits per heavy atom. The molecule has 0 aliphatic heterocycles. The van der Waals surface area contributed by atoms with Gasteiger partial charge in [-0.15, -0.1) is 0 Å². The van der Waals surface area contributed by atoms with Gasteiger partial charge in [-0.3, -0.25) is 0 Å². The molecule has 3 rings (SSSR count). The van der Waals surface area contributed by atoms with Crippen molar-refractivity contribution in [2.75, 3.05) is 0 Å². The predicted octanol–water partition coefficient (Wildman–Crippen LogP) is 5.27. The topological polar surface area (TPSA) is 23.8 Å². The smallest absolute Gasteiger partial charge is 0.0998 e. The fraction of sp³-hybridized carbons (Fsp3) is 0.0556. The molecule has 0 saturated carbocycles. The van der Waals surface area contributed by atoms with E-state index in [1.54, 1.807) is 0 Å². The fourth-order valence-corrected chi connectivity index (χ4v) is 2.73. The highest BCUT2D eigenvalue weighted by atomic mass is 79.9. The van der Waals surface area contributed by atoms with Crippen molar-refractivity contribution in [3.8, 4) is 17.2 Å². The molecule has 3 aromatic rings. The third-order valence-corrected chi connectivity index (χ3v) is 4.06. The van der Waals surface area contributed by atoms with Crippen LogP contribution < -0.4 is 0 Å². The highest BCUT2D eigenvalue weighted by Gasteiger charge is 2.05. The number of rotatable bonds is 2. The van der Waals surface area contributed by atoms with Gasteiger partial charge in [0.05, 0.1) is 11.6 Å². The minimum Gasteiger partial charge on any atom is -0.192 e. The van der Waals surface area contributed by atoms with E-state index in [0.29, 0.717) is 5.56 Å². The average Bonchev–Trinajstić information content (AvgIpc) is 2.53. The van der Waals surface area contributed by atoms with E-state index in [0.717, 1.165) is 16.5 Å². The van der Waals surface area contributed by atoms with Crippen LogP contribution in [-0.4, -0.2) is 0 Å². The highest BCUT2D eigenvalue weighted by Crippen LogP contribution is 2.27. The quantitative estimate of drug-likeness (QED) is 0.589. The van der Waals surface area contributed by atoms with Gasteiger partial charge in [0.2, 0.25) is 0 Å². The first kappa shape index (κ1) is 12.9. The van der Waals surface area contributed by atoms with Crippen molar-refractivity contribution in [3.63, 3.8) is 0 Å². The summed E-state index contributed by atoms with van der Waals surface area (Å²) in [5, 5.41) is 12.5. The number of nitrogens with zero attached hydrogens (tertiary/aromatic N) is 1. The van der Waals surface area contributed by atoms with Gasteiger partial charge in [0.25, 0.3) is 0 Å². The number of nitriles is 1. The van der Waals surface area contributed by atoms with E-state index in [-0.39, 0.29) is 0 Å². The number of fused-ring (bicyclic) bond motifs is 1. The molecule has 0 aliphatic carbocycles. The van der Waals surface area contributed by atoms with Gasteiger partial charge in [-0.25, -0.2) is 0 Å². The molecule has 0 bridgehead atoms. The number of hydrogen-bond donors (Lipinski definition) is 0. The Morgan fingerprint density at radius 3 is 2.45 bits per heavy atom. The van der Waals surface area contributed by atoms with Crippen LogP contribution in [0.2, 0.25) is 0 Å². The van der Waals surface area contributed by atoms with Crippen molar-refractivity contribution < 1.29 is 0 Å². The van der Waals surface area contributed by atoms with Crippen molar-refractivity contribution in [1.29, 1.82) is 5.26 Å². The van der Waals surface area contributed by atoms with E-state index >= 15 is 0 Å². The standard InChI is InChI=1S/C18H12BrN/c19-11-13-5-6-15-10-16(8-7-14(15)9-13)18-4-2-1-3-17(18)12-20/h1-10H,11H2. The maximum absolute atomic E-state index is 9.21. The molecule has 0 amide bonds. The third-order valence-electron chi connectivity index (χ3n) is 3.42. The molecule has 20 heavy (non-hydrogen) atoms. The lowest BCUT2D eigenvalue weighted by Crippen LogP contribution is -1.85. The van der Waals surface area contributed by atoms with Crippen LogP contribution in [0, 0.1) is 11.3 Å². The maximum Gasteiger partial charge on any atom is 0.0998 e. The Labute approximate surface area is 126 Å². The van der Waals surface area contributed by atoms with Crippen LogP contribution >= 0.6 is 15.9 Å². The van der Waals surface area contributed by atoms with Crippen LogP contribution in [-0.2, 0) is 5.33 Å². The average molecular weight is 322 g/mol. The Kier molecular flexibility index (Phi) is 3.54. The van der Waals surface area contributed by atoms with Crippen LogP contribution in [0.15, 0.2) is 60.7 Å². The summed E-state index contributed by atoms with van der Waals surface area (Å²) < 4.78 is 0. The summed E-state index contributed by atoms with van der Waals surface area (Å²) in [6.07, 6.45) is 0. The Balaban J connectivity index is 2.16. The van der Waals surface area contributed by atoms with Crippen molar-refractivity contribution in [3.05, 3.63) is 71.8 Å². The van der Waals surface area contributed by atoms with Crippen LogP contribution in [0.25, 0.3) is 21.9 Å². The normalized spacial score (nSPS) is 10.4. The molecule has 1 nitrogen and oxygen atoms in total. The SMILES string of the molecule is N#Cc1ccccc1-c1ccc2cc(CBr)ccc2c1. The van der Waals surface area contributed by atoms with Gasteiger partial charge < -0.3 is 0 Å². The first-order valence-electron chi connectivity index (χ1n) is 6.40. The molecule has 0 unspecified atom stereocenters. The molecule has 0 heterocycles. The summed E-state index contributed by atoms with van der Waals surface area (Å²) in [5.74, 6) is 0. The van der Waals surface area contributed by atoms with E-state index in [2.05, 4.69) is 58.4 Å². The number of hydrogen-bond acceptors (Lipinski definition) is 1. The van der Waals surface area contributed by atoms with E-state index in [1.165, 1.54) is 16.3 Å². The third kappa shape index (κ3) is 2.33. The monoisotopic (exact) mass is 321 g/mol. The zero-order valence-electron chi connectivity index (χ0n) is 10.8. The lowest BCUT2D eigenvalue weighted by molar-refractivity contribution is 1.46. The number of benzene rings is 3. The van der Waals surface area contributed by atoms with Gasteiger partial charge in [-0.2, -0.15) is 5.26 Å². The molecule has 96 valence electrons. The summed E-state index contributed by atoms with van der Waals surface area (Å²) in [5.41, 5.74) is 4.05. The molecule has 0 saturated heterocycles. The minimum absolute atomic E-state index is 0.712. The highest BCUT2D eigenvalue weighted by molar-refractivity contribution is 9.08. The van der Waals surface area contributed by atoms with Gasteiger partial charge in [0.15, 0.2) is 0 Å². The second-order valence-electron chi connectivity index (χ2n) is 4.69. The minimum atomic E-state index is 0.712. The zero-order valence-corrected chi connectivity index (χ0v) is 12.4. The van der Waals surface area contributed by atoms with Gasteiger partial charge >= 0.3 is 0 Å². The van der Waals surface area contributed by atoms with Crippen molar-refractivity contribution in [1.82, 2.24) is 0 Å². The molecule has 3 aromatic carbocycles. The Morgan fingerprint density at radius 2 is 1.65 bits per heavy atom. The first-order valence-corrected chi connectivity index (χ1v) is 7.52. The molecule has 2 heteroatoms. The van der Waals surface area contributed by atoms with E-state index in [1.807, 2.05) is 24.3 Å². The van der Waals surface area contributed by atoms with E-state index < -0.39 is 0 Å². The van der Waals surface area contributed by atoms with Crippen LogP contribution in [0.5, 0.6) is 0 Å². The van der Waals surface area contributed by atoms with Crippen LogP contribution in [0.4, 0.5) is 0 Å². The molecular weight excluding hydrogens is 310 g/mol. The summed E-state index contributed by atoms with van der Waals surface area (Å²) in [6.45, 7) is 0. The van der Waals surface area contributed by atoms with Crippen molar-refractivity contribution >= 4 is 26.7 Å². The summed E-state index contributed by atoms with van der Waals surface area (Å²) >= 11 is 3.48. The molecule has 0 atom stereocenters. The van der Waals surface area contributed by atoms with Crippen molar-refractivity contribution in [2.45, 2.75) is 5.33 Å². The summed E-state index contributed by atoms with van der Waals surface area (Å²) in [4.78, 5) is 0. The second kappa shape index (κ2) is 5.48. The van der Waals surface area contributed by atoms with E-state index in [4.69, 9.17) is 0 Å². The maximum atomic E-state index is 9.21. The molecule has 0 spiro atoms. The van der Waals surface area contributed by atoms with E-state index in [9.17, 15) is 5.26 Å². The van der Waals surface area contributed by atoms with Gasteiger partial charge in [0, 0.05) is 5.33 Å². The first-order chi connectivity index (χ1) is 9.81. The Bertz CT molecular complexity index is 815. The van der Waals surface area contributed by atoms with Crippen LogP contribution in [0.1, 0.15) is 11.1 Å². The lowest BCUT2D eigenvalue weighted by Gasteiger charge is -2.07. The molecule has 0 aromatic heterocycles. The Hall–Kier alpha value is -2.11. The molecular formula is C18H12BrN. The lowest BCUT2D eigenvalue weighted by atomic mass is 9.97. The zero-order chi connectivity index (χ0) is 13.9. The molecule has 0 N–H and O–H groups in total. The molecule has 0 fully saturated rings.